The van der Waals surface area contributed by atoms with E-state index in [0.29, 0.717) is 12.4 Å². The molecule has 108 valence electrons. The molecule has 0 aliphatic carbocycles. The van der Waals surface area contributed by atoms with Crippen LogP contribution in [-0.4, -0.2) is 16.5 Å². The van der Waals surface area contributed by atoms with Gasteiger partial charge in [-0.15, -0.1) is 11.3 Å². The van der Waals surface area contributed by atoms with Crippen molar-refractivity contribution in [2.45, 2.75) is 13.8 Å². The average Bonchev–Trinajstić information content (AvgIpc) is 2.79. The lowest BCUT2D eigenvalue weighted by molar-refractivity contribution is 0.585. The molecule has 0 unspecified atom stereocenters. The number of hydrogen-bond donors (Lipinski definition) is 1. The van der Waals surface area contributed by atoms with Gasteiger partial charge in [-0.3, -0.25) is 0 Å². The van der Waals surface area contributed by atoms with Crippen molar-refractivity contribution >= 4 is 27.4 Å². The number of halogens is 2. The number of thiophene rings is 1. The predicted octanol–water partition coefficient (Wildman–Crippen LogP) is 4.38. The molecule has 1 N–H and O–H groups in total. The number of anilines is 1. The largest absolute Gasteiger partial charge is 0.370 e. The van der Waals surface area contributed by atoms with Gasteiger partial charge in [0.1, 0.15) is 22.3 Å². The number of hydrogen-bond acceptors (Lipinski definition) is 4. The van der Waals surface area contributed by atoms with Gasteiger partial charge in [-0.2, -0.15) is 0 Å². The number of rotatable bonds is 3. The summed E-state index contributed by atoms with van der Waals surface area (Å²) in [6, 6.07) is 5.42. The van der Waals surface area contributed by atoms with Crippen LogP contribution in [0.2, 0.25) is 0 Å². The zero-order valence-electron chi connectivity index (χ0n) is 11.6. The first-order chi connectivity index (χ1) is 10.1. The Labute approximate surface area is 124 Å². The second-order valence-corrected chi connectivity index (χ2v) is 5.86. The highest BCUT2D eigenvalue weighted by Gasteiger charge is 2.14. The minimum Gasteiger partial charge on any atom is -0.370 e. The molecule has 0 radical (unpaired) electrons. The SMILES string of the molecule is CCNc1nc(-c2ccc(F)cc2F)nc2sc(C)cc12. The Bertz CT molecular complexity index is 814. The van der Waals surface area contributed by atoms with Gasteiger partial charge in [0.2, 0.25) is 0 Å². The highest BCUT2D eigenvalue weighted by atomic mass is 32.1. The molecule has 0 aliphatic heterocycles. The molecule has 3 rings (SSSR count). The first-order valence-corrected chi connectivity index (χ1v) is 7.37. The molecule has 0 atom stereocenters. The van der Waals surface area contributed by atoms with Gasteiger partial charge in [0.25, 0.3) is 0 Å². The fourth-order valence-corrected chi connectivity index (χ4v) is 3.01. The minimum atomic E-state index is -0.662. The van der Waals surface area contributed by atoms with Crippen LogP contribution in [0, 0.1) is 18.6 Å². The summed E-state index contributed by atoms with van der Waals surface area (Å²) in [4.78, 5) is 10.7. The number of nitrogens with zero attached hydrogens (tertiary/aromatic N) is 2. The van der Waals surface area contributed by atoms with Crippen LogP contribution in [-0.2, 0) is 0 Å². The number of fused-ring (bicyclic) bond motifs is 1. The molecule has 21 heavy (non-hydrogen) atoms. The topological polar surface area (TPSA) is 37.8 Å². The van der Waals surface area contributed by atoms with E-state index in [9.17, 15) is 8.78 Å². The van der Waals surface area contributed by atoms with E-state index in [2.05, 4.69) is 15.3 Å². The Balaban J connectivity index is 2.22. The van der Waals surface area contributed by atoms with Gasteiger partial charge >= 0.3 is 0 Å². The minimum absolute atomic E-state index is 0.198. The maximum atomic E-state index is 13.9. The molecule has 3 aromatic rings. The van der Waals surface area contributed by atoms with E-state index in [-0.39, 0.29) is 11.4 Å². The molecule has 3 nitrogen and oxygen atoms in total. The third kappa shape index (κ3) is 2.58. The Hall–Kier alpha value is -2.08. The highest BCUT2D eigenvalue weighted by molar-refractivity contribution is 7.18. The zero-order chi connectivity index (χ0) is 15.0. The predicted molar refractivity (Wildman–Crippen MR) is 81.7 cm³/mol. The molecule has 0 amide bonds. The maximum absolute atomic E-state index is 13.9. The smallest absolute Gasteiger partial charge is 0.166 e. The van der Waals surface area contributed by atoms with Gasteiger partial charge in [0, 0.05) is 17.5 Å². The lowest BCUT2D eigenvalue weighted by Crippen LogP contribution is -2.02. The molecule has 6 heteroatoms. The van der Waals surface area contributed by atoms with Crippen molar-refractivity contribution < 1.29 is 8.78 Å². The van der Waals surface area contributed by atoms with Crippen LogP contribution in [0.15, 0.2) is 24.3 Å². The molecule has 0 aliphatic rings. The fourth-order valence-electron chi connectivity index (χ4n) is 2.14. The summed E-state index contributed by atoms with van der Waals surface area (Å²) in [6.45, 7) is 4.65. The van der Waals surface area contributed by atoms with Crippen molar-refractivity contribution in [1.82, 2.24) is 9.97 Å². The first kappa shape index (κ1) is 13.9. The van der Waals surface area contributed by atoms with E-state index >= 15 is 0 Å². The summed E-state index contributed by atoms with van der Waals surface area (Å²) < 4.78 is 27.0. The summed E-state index contributed by atoms with van der Waals surface area (Å²) in [7, 11) is 0. The summed E-state index contributed by atoms with van der Waals surface area (Å²) in [5.41, 5.74) is 0.198. The molecule has 0 saturated carbocycles. The van der Waals surface area contributed by atoms with Gasteiger partial charge in [-0.25, -0.2) is 18.7 Å². The summed E-state index contributed by atoms with van der Waals surface area (Å²) in [5.74, 6) is -0.343. The molecular weight excluding hydrogens is 292 g/mol. The van der Waals surface area contributed by atoms with Crippen molar-refractivity contribution in [2.75, 3.05) is 11.9 Å². The van der Waals surface area contributed by atoms with Crippen LogP contribution in [0.25, 0.3) is 21.6 Å². The van der Waals surface area contributed by atoms with E-state index < -0.39 is 11.6 Å². The fraction of sp³-hybridized carbons (Fsp3) is 0.200. The molecule has 1 aromatic carbocycles. The van der Waals surface area contributed by atoms with Gasteiger partial charge in [-0.05, 0) is 32.0 Å². The van der Waals surface area contributed by atoms with Crippen molar-refractivity contribution in [1.29, 1.82) is 0 Å². The molecule has 0 bridgehead atoms. The highest BCUT2D eigenvalue weighted by Crippen LogP contribution is 2.31. The second kappa shape index (κ2) is 5.37. The number of nitrogens with one attached hydrogen (secondary N) is 1. The number of aryl methyl sites for hydroxylation is 1. The van der Waals surface area contributed by atoms with Crippen LogP contribution in [0.3, 0.4) is 0 Å². The van der Waals surface area contributed by atoms with Crippen molar-refractivity contribution in [3.8, 4) is 11.4 Å². The number of benzene rings is 1. The lowest BCUT2D eigenvalue weighted by atomic mass is 10.2. The maximum Gasteiger partial charge on any atom is 0.166 e. The number of aromatic nitrogens is 2. The second-order valence-electron chi connectivity index (χ2n) is 4.63. The van der Waals surface area contributed by atoms with Crippen molar-refractivity contribution in [2.24, 2.45) is 0 Å². The molecule has 2 aromatic heterocycles. The Morgan fingerprint density at radius 3 is 2.71 bits per heavy atom. The normalized spacial score (nSPS) is 11.0. The molecule has 0 saturated heterocycles. The lowest BCUT2D eigenvalue weighted by Gasteiger charge is -2.07. The third-order valence-electron chi connectivity index (χ3n) is 3.03. The van der Waals surface area contributed by atoms with E-state index in [1.165, 1.54) is 23.5 Å². The average molecular weight is 305 g/mol. The van der Waals surface area contributed by atoms with E-state index in [4.69, 9.17) is 0 Å². The summed E-state index contributed by atoms with van der Waals surface area (Å²) >= 11 is 1.52. The van der Waals surface area contributed by atoms with Crippen LogP contribution in [0.5, 0.6) is 0 Å². The van der Waals surface area contributed by atoms with Gasteiger partial charge in [0.05, 0.1) is 10.9 Å². The van der Waals surface area contributed by atoms with E-state index in [1.807, 2.05) is 19.9 Å². The van der Waals surface area contributed by atoms with E-state index in [0.717, 1.165) is 21.2 Å². The Morgan fingerprint density at radius 2 is 2.00 bits per heavy atom. The Kier molecular flexibility index (Phi) is 3.55. The van der Waals surface area contributed by atoms with Crippen LogP contribution in [0.4, 0.5) is 14.6 Å². The van der Waals surface area contributed by atoms with Crippen LogP contribution in [0.1, 0.15) is 11.8 Å². The van der Waals surface area contributed by atoms with Crippen molar-refractivity contribution in [3.05, 3.63) is 40.8 Å². The van der Waals surface area contributed by atoms with Crippen molar-refractivity contribution in [3.63, 3.8) is 0 Å². The summed E-state index contributed by atoms with van der Waals surface area (Å²) in [5, 5.41) is 4.09. The summed E-state index contributed by atoms with van der Waals surface area (Å²) in [6.07, 6.45) is 0. The monoisotopic (exact) mass is 305 g/mol. The van der Waals surface area contributed by atoms with Crippen LogP contribution < -0.4 is 5.32 Å². The molecule has 0 fully saturated rings. The molecular formula is C15H13F2N3S. The zero-order valence-corrected chi connectivity index (χ0v) is 12.4. The Morgan fingerprint density at radius 1 is 1.19 bits per heavy atom. The standard InChI is InChI=1S/C15H13F2N3S/c1-3-18-13-11-6-8(2)21-15(11)20-14(19-13)10-5-4-9(16)7-12(10)17/h4-7H,3H2,1-2H3,(H,18,19,20). The van der Waals surface area contributed by atoms with E-state index in [1.54, 1.807) is 0 Å². The van der Waals surface area contributed by atoms with Gasteiger partial charge in [-0.1, -0.05) is 0 Å². The quantitative estimate of drug-likeness (QED) is 0.780. The first-order valence-electron chi connectivity index (χ1n) is 6.56. The third-order valence-corrected chi connectivity index (χ3v) is 3.98. The molecule has 2 heterocycles. The van der Waals surface area contributed by atoms with Crippen LogP contribution >= 0.6 is 11.3 Å². The van der Waals surface area contributed by atoms with Gasteiger partial charge in [0.15, 0.2) is 5.82 Å². The van der Waals surface area contributed by atoms with Gasteiger partial charge < -0.3 is 5.32 Å². The molecule has 0 spiro atoms.